The van der Waals surface area contributed by atoms with Gasteiger partial charge in [0.05, 0.1) is 11.4 Å². The molecule has 0 aliphatic carbocycles. The van der Waals surface area contributed by atoms with Gasteiger partial charge in [0.2, 0.25) is 0 Å². The first kappa shape index (κ1) is 13.1. The van der Waals surface area contributed by atoms with Crippen LogP contribution in [0.4, 0.5) is 0 Å². The number of carbonyl (C=O) groups is 1. The van der Waals surface area contributed by atoms with Gasteiger partial charge in [-0.3, -0.25) is 4.79 Å². The molecule has 0 N–H and O–H groups in total. The van der Waals surface area contributed by atoms with E-state index < -0.39 is 0 Å². The molecule has 3 rings (SSSR count). The van der Waals surface area contributed by atoms with E-state index >= 15 is 0 Å². The van der Waals surface area contributed by atoms with Gasteiger partial charge in [0.1, 0.15) is 17.2 Å². The van der Waals surface area contributed by atoms with Crippen molar-refractivity contribution in [3.05, 3.63) is 66.0 Å². The minimum absolute atomic E-state index is 0.347. The van der Waals surface area contributed by atoms with E-state index in [1.165, 1.54) is 0 Å². The Bertz CT molecular complexity index is 749. The molecule has 5 nitrogen and oxygen atoms in total. The van der Waals surface area contributed by atoms with Crippen LogP contribution in [-0.2, 0) is 0 Å². The summed E-state index contributed by atoms with van der Waals surface area (Å²) in [6.45, 7) is 1.80. The molecule has 1 heterocycles. The third-order valence-corrected chi connectivity index (χ3v) is 3.10. The quantitative estimate of drug-likeness (QED) is 0.688. The molecule has 0 bridgehead atoms. The molecule has 21 heavy (non-hydrogen) atoms. The summed E-state index contributed by atoms with van der Waals surface area (Å²) < 4.78 is 7.35. The summed E-state index contributed by atoms with van der Waals surface area (Å²) in [5.41, 5.74) is 1.88. The van der Waals surface area contributed by atoms with Crippen LogP contribution in [0.15, 0.2) is 54.6 Å². The Labute approximate surface area is 121 Å². The van der Waals surface area contributed by atoms with Crippen molar-refractivity contribution in [3.63, 3.8) is 0 Å². The number of hydrogen-bond donors (Lipinski definition) is 0. The maximum atomic E-state index is 10.8. The molecule has 0 fully saturated rings. The van der Waals surface area contributed by atoms with Crippen LogP contribution in [0.3, 0.4) is 0 Å². The van der Waals surface area contributed by atoms with Crippen molar-refractivity contribution in [1.82, 2.24) is 15.0 Å². The second kappa shape index (κ2) is 5.58. The van der Waals surface area contributed by atoms with Crippen LogP contribution < -0.4 is 4.74 Å². The van der Waals surface area contributed by atoms with Crippen molar-refractivity contribution in [1.29, 1.82) is 0 Å². The lowest BCUT2D eigenvalue weighted by atomic mass is 10.3. The van der Waals surface area contributed by atoms with E-state index in [-0.39, 0.29) is 0 Å². The Morgan fingerprint density at radius 3 is 2.29 bits per heavy atom. The zero-order valence-electron chi connectivity index (χ0n) is 11.4. The van der Waals surface area contributed by atoms with E-state index in [1.54, 1.807) is 11.6 Å². The Kier molecular flexibility index (Phi) is 3.47. The lowest BCUT2D eigenvalue weighted by molar-refractivity contribution is 0.111. The molecular weight excluding hydrogens is 266 g/mol. The van der Waals surface area contributed by atoms with E-state index in [9.17, 15) is 4.79 Å². The third kappa shape index (κ3) is 2.67. The van der Waals surface area contributed by atoms with E-state index in [0.717, 1.165) is 17.2 Å². The van der Waals surface area contributed by atoms with E-state index in [2.05, 4.69) is 10.3 Å². The summed E-state index contributed by atoms with van der Waals surface area (Å²) >= 11 is 0. The second-order valence-electron chi connectivity index (χ2n) is 4.50. The summed E-state index contributed by atoms with van der Waals surface area (Å²) in [5.74, 6) is 1.52. The summed E-state index contributed by atoms with van der Waals surface area (Å²) in [4.78, 5) is 10.8. The first-order chi connectivity index (χ1) is 10.3. The highest BCUT2D eigenvalue weighted by Gasteiger charge is 2.09. The predicted molar refractivity (Wildman–Crippen MR) is 78.0 cm³/mol. The number of ether oxygens (including phenoxy) is 1. The maximum Gasteiger partial charge on any atom is 0.172 e. The minimum Gasteiger partial charge on any atom is -0.457 e. The summed E-state index contributed by atoms with van der Waals surface area (Å²) in [5, 5.41) is 7.78. The number of hydrogen-bond acceptors (Lipinski definition) is 4. The van der Waals surface area contributed by atoms with Crippen molar-refractivity contribution in [2.75, 3.05) is 0 Å². The Balaban J connectivity index is 1.84. The highest BCUT2D eigenvalue weighted by atomic mass is 16.5. The highest BCUT2D eigenvalue weighted by Crippen LogP contribution is 2.22. The Hall–Kier alpha value is -2.95. The third-order valence-electron chi connectivity index (χ3n) is 3.10. The molecule has 5 heteroatoms. The number of benzene rings is 2. The van der Waals surface area contributed by atoms with E-state index in [0.29, 0.717) is 17.7 Å². The zero-order chi connectivity index (χ0) is 14.7. The number of aldehydes is 1. The average Bonchev–Trinajstić information content (AvgIpc) is 2.90. The minimum atomic E-state index is 0.347. The monoisotopic (exact) mass is 279 g/mol. The lowest BCUT2D eigenvalue weighted by Gasteiger charge is -2.07. The van der Waals surface area contributed by atoms with Crippen LogP contribution in [0.1, 0.15) is 16.2 Å². The van der Waals surface area contributed by atoms with Gasteiger partial charge in [-0.2, -0.15) is 0 Å². The number of para-hydroxylation sites is 1. The van der Waals surface area contributed by atoms with Crippen LogP contribution in [-0.4, -0.2) is 21.3 Å². The fraction of sp³-hybridized carbons (Fsp3) is 0.0625. The van der Waals surface area contributed by atoms with Crippen LogP contribution in [0.2, 0.25) is 0 Å². The predicted octanol–water partition coefficient (Wildman–Crippen LogP) is 3.18. The van der Waals surface area contributed by atoms with Gasteiger partial charge in [0, 0.05) is 0 Å². The zero-order valence-corrected chi connectivity index (χ0v) is 11.4. The fourth-order valence-corrected chi connectivity index (χ4v) is 1.97. The highest BCUT2D eigenvalue weighted by molar-refractivity contribution is 5.73. The van der Waals surface area contributed by atoms with Gasteiger partial charge in [0.25, 0.3) is 0 Å². The average molecular weight is 279 g/mol. The standard InChI is InChI=1S/C16H13N3O2/c1-12-16(11-20)17-18-19(12)13-7-9-15(10-8-13)21-14-5-3-2-4-6-14/h2-11H,1H3. The number of nitrogens with zero attached hydrogens (tertiary/aromatic N) is 3. The number of rotatable bonds is 4. The van der Waals surface area contributed by atoms with Crippen LogP contribution in [0.25, 0.3) is 5.69 Å². The van der Waals surface area contributed by atoms with Gasteiger partial charge in [-0.1, -0.05) is 23.4 Å². The molecule has 0 saturated carbocycles. The van der Waals surface area contributed by atoms with Crippen molar-refractivity contribution in [3.8, 4) is 17.2 Å². The molecule has 0 radical (unpaired) electrons. The molecule has 0 atom stereocenters. The topological polar surface area (TPSA) is 57.0 Å². The largest absolute Gasteiger partial charge is 0.457 e. The van der Waals surface area contributed by atoms with Crippen molar-refractivity contribution < 1.29 is 9.53 Å². The van der Waals surface area contributed by atoms with Crippen LogP contribution >= 0.6 is 0 Å². The van der Waals surface area contributed by atoms with Crippen molar-refractivity contribution in [2.24, 2.45) is 0 Å². The molecule has 3 aromatic rings. The SMILES string of the molecule is Cc1c(C=O)nnn1-c1ccc(Oc2ccccc2)cc1. The number of carbonyl (C=O) groups excluding carboxylic acids is 1. The second-order valence-corrected chi connectivity index (χ2v) is 4.50. The van der Waals surface area contributed by atoms with E-state index in [1.807, 2.05) is 54.6 Å². The molecule has 1 aromatic heterocycles. The van der Waals surface area contributed by atoms with Crippen molar-refractivity contribution in [2.45, 2.75) is 6.92 Å². The smallest absolute Gasteiger partial charge is 0.172 e. The molecule has 0 aliphatic rings. The van der Waals surface area contributed by atoms with E-state index in [4.69, 9.17) is 4.74 Å². The maximum absolute atomic E-state index is 10.8. The number of aromatic nitrogens is 3. The van der Waals surface area contributed by atoms with Gasteiger partial charge in [-0.15, -0.1) is 5.10 Å². The van der Waals surface area contributed by atoms with Gasteiger partial charge in [0.15, 0.2) is 6.29 Å². The van der Waals surface area contributed by atoms with Gasteiger partial charge in [-0.05, 0) is 43.3 Å². The molecule has 0 spiro atoms. The van der Waals surface area contributed by atoms with Gasteiger partial charge in [-0.25, -0.2) is 4.68 Å². The van der Waals surface area contributed by atoms with Crippen molar-refractivity contribution >= 4 is 6.29 Å². The van der Waals surface area contributed by atoms with Crippen LogP contribution in [0.5, 0.6) is 11.5 Å². The normalized spacial score (nSPS) is 10.3. The van der Waals surface area contributed by atoms with Gasteiger partial charge >= 0.3 is 0 Å². The molecular formula is C16H13N3O2. The molecule has 0 saturated heterocycles. The summed E-state index contributed by atoms with van der Waals surface area (Å²) in [6.07, 6.45) is 0.700. The molecule has 104 valence electrons. The lowest BCUT2D eigenvalue weighted by Crippen LogP contribution is -1.99. The molecule has 2 aromatic carbocycles. The molecule has 0 aliphatic heterocycles. The summed E-state index contributed by atoms with van der Waals surface area (Å²) in [6, 6.07) is 17.0. The summed E-state index contributed by atoms with van der Waals surface area (Å²) in [7, 11) is 0. The first-order valence-corrected chi connectivity index (χ1v) is 6.49. The Morgan fingerprint density at radius 2 is 1.67 bits per heavy atom. The molecule has 0 unspecified atom stereocenters. The Morgan fingerprint density at radius 1 is 1.00 bits per heavy atom. The van der Waals surface area contributed by atoms with Crippen LogP contribution in [0, 0.1) is 6.92 Å². The van der Waals surface area contributed by atoms with Gasteiger partial charge < -0.3 is 4.74 Å². The first-order valence-electron chi connectivity index (χ1n) is 6.49. The fourth-order valence-electron chi connectivity index (χ4n) is 1.97. The molecule has 0 amide bonds.